The van der Waals surface area contributed by atoms with Crippen molar-refractivity contribution in [1.82, 2.24) is 4.98 Å². The van der Waals surface area contributed by atoms with E-state index in [0.29, 0.717) is 0 Å². The number of halogens is 5. The number of hydrogen-bond donors (Lipinski definition) is 1. The van der Waals surface area contributed by atoms with Crippen LogP contribution in [0.1, 0.15) is 17.7 Å². The first kappa shape index (κ1) is 13.1. The van der Waals surface area contributed by atoms with E-state index in [1.807, 2.05) is 0 Å². The molecule has 0 aliphatic heterocycles. The van der Waals surface area contributed by atoms with Crippen LogP contribution in [0.3, 0.4) is 0 Å². The van der Waals surface area contributed by atoms with Gasteiger partial charge < -0.3 is 5.73 Å². The lowest BCUT2D eigenvalue weighted by atomic mass is 10.1. The van der Waals surface area contributed by atoms with Gasteiger partial charge in [0.25, 0.3) is 6.43 Å². The highest BCUT2D eigenvalue weighted by Crippen LogP contribution is 2.40. The summed E-state index contributed by atoms with van der Waals surface area (Å²) < 4.78 is 61.5. The summed E-state index contributed by atoms with van der Waals surface area (Å²) in [5, 5.41) is 10.4. The molecule has 1 rings (SSSR count). The Bertz CT molecular complexity index is 460. The van der Waals surface area contributed by atoms with Crippen molar-refractivity contribution < 1.29 is 26.9 Å². The number of hydrogen-bond acceptors (Lipinski definition) is 4. The van der Waals surface area contributed by atoms with Crippen molar-refractivity contribution in [3.8, 4) is 0 Å². The molecular weight excluding hydrogens is 253 g/mol. The lowest BCUT2D eigenvalue weighted by molar-refractivity contribution is -0.385. The Morgan fingerprint density at radius 1 is 1.41 bits per heavy atom. The van der Waals surface area contributed by atoms with Crippen LogP contribution in [0.25, 0.3) is 0 Å². The van der Waals surface area contributed by atoms with Crippen molar-refractivity contribution in [1.29, 1.82) is 0 Å². The minimum absolute atomic E-state index is 0.0455. The van der Waals surface area contributed by atoms with Gasteiger partial charge in [-0.2, -0.15) is 13.2 Å². The summed E-state index contributed by atoms with van der Waals surface area (Å²) >= 11 is 0. The van der Waals surface area contributed by atoms with Gasteiger partial charge in [0.15, 0.2) is 5.69 Å². The SMILES string of the molecule is Nc1c(C(F)(F)F)cnc(C(F)F)c1[N+](=O)[O-]. The number of nitrogens with zero attached hydrogens (tertiary/aromatic N) is 2. The van der Waals surface area contributed by atoms with Crippen LogP contribution >= 0.6 is 0 Å². The van der Waals surface area contributed by atoms with Crippen LogP contribution in [-0.2, 0) is 6.18 Å². The molecule has 1 aromatic heterocycles. The number of pyridine rings is 1. The predicted octanol–water partition coefficient (Wildman–Crippen LogP) is 2.53. The van der Waals surface area contributed by atoms with Gasteiger partial charge in [0, 0.05) is 6.20 Å². The van der Waals surface area contributed by atoms with E-state index >= 15 is 0 Å². The molecule has 0 amide bonds. The minimum Gasteiger partial charge on any atom is -0.393 e. The Morgan fingerprint density at radius 3 is 2.29 bits per heavy atom. The molecule has 1 heterocycles. The van der Waals surface area contributed by atoms with Crippen molar-refractivity contribution in [2.24, 2.45) is 0 Å². The van der Waals surface area contributed by atoms with Crippen molar-refractivity contribution >= 4 is 11.4 Å². The number of rotatable bonds is 2. The smallest absolute Gasteiger partial charge is 0.393 e. The monoisotopic (exact) mass is 257 g/mol. The van der Waals surface area contributed by atoms with Crippen LogP contribution in [0.15, 0.2) is 6.20 Å². The molecule has 0 unspecified atom stereocenters. The average molecular weight is 257 g/mol. The van der Waals surface area contributed by atoms with Gasteiger partial charge in [-0.25, -0.2) is 13.8 Å². The zero-order chi connectivity index (χ0) is 13.4. The topological polar surface area (TPSA) is 82.0 Å². The van der Waals surface area contributed by atoms with Gasteiger partial charge >= 0.3 is 11.9 Å². The lowest BCUT2D eigenvalue weighted by Crippen LogP contribution is -2.13. The van der Waals surface area contributed by atoms with E-state index in [0.717, 1.165) is 0 Å². The molecule has 0 aromatic carbocycles. The molecule has 0 bridgehead atoms. The molecule has 17 heavy (non-hydrogen) atoms. The molecule has 0 radical (unpaired) electrons. The van der Waals surface area contributed by atoms with Crippen molar-refractivity contribution in [3.05, 3.63) is 27.6 Å². The average Bonchev–Trinajstić information content (AvgIpc) is 2.13. The first-order valence-corrected chi connectivity index (χ1v) is 3.94. The van der Waals surface area contributed by atoms with Gasteiger partial charge in [-0.05, 0) is 0 Å². The number of nitro groups is 1. The highest BCUT2D eigenvalue weighted by Gasteiger charge is 2.39. The first-order valence-electron chi connectivity index (χ1n) is 3.94. The summed E-state index contributed by atoms with van der Waals surface area (Å²) in [6, 6.07) is 0. The number of aromatic nitrogens is 1. The van der Waals surface area contributed by atoms with Crippen LogP contribution in [0.4, 0.5) is 33.3 Å². The summed E-state index contributed by atoms with van der Waals surface area (Å²) in [6.07, 6.45) is -8.34. The molecule has 0 aliphatic rings. The van der Waals surface area contributed by atoms with E-state index < -0.39 is 40.2 Å². The number of anilines is 1. The summed E-state index contributed by atoms with van der Waals surface area (Å²) in [6.45, 7) is 0. The van der Waals surface area contributed by atoms with Gasteiger partial charge in [-0.15, -0.1) is 0 Å². The molecule has 10 heteroatoms. The lowest BCUT2D eigenvalue weighted by Gasteiger charge is -2.11. The molecular formula is C7H4F5N3O2. The Labute approximate surface area is 90.2 Å². The molecule has 0 saturated heterocycles. The highest BCUT2D eigenvalue weighted by atomic mass is 19.4. The summed E-state index contributed by atoms with van der Waals surface area (Å²) in [5.41, 5.74) is -1.02. The maximum atomic E-state index is 12.3. The summed E-state index contributed by atoms with van der Waals surface area (Å²) in [7, 11) is 0. The zero-order valence-electron chi connectivity index (χ0n) is 7.83. The third-order valence-electron chi connectivity index (χ3n) is 1.82. The molecule has 5 nitrogen and oxygen atoms in total. The van der Waals surface area contributed by atoms with Gasteiger partial charge in [0.2, 0.25) is 0 Å². The molecule has 1 aromatic rings. The Balaban J connectivity index is 3.56. The second kappa shape index (κ2) is 4.11. The zero-order valence-corrected chi connectivity index (χ0v) is 7.83. The van der Waals surface area contributed by atoms with Gasteiger partial charge in [-0.1, -0.05) is 0 Å². The molecule has 0 spiro atoms. The molecule has 0 atom stereocenters. The fourth-order valence-corrected chi connectivity index (χ4v) is 1.11. The maximum Gasteiger partial charge on any atom is 0.420 e. The van der Waals surface area contributed by atoms with Crippen molar-refractivity contribution in [2.45, 2.75) is 12.6 Å². The van der Waals surface area contributed by atoms with Crippen molar-refractivity contribution in [2.75, 3.05) is 5.73 Å². The van der Waals surface area contributed by atoms with E-state index in [1.165, 1.54) is 0 Å². The Morgan fingerprint density at radius 2 is 1.94 bits per heavy atom. The molecule has 0 fully saturated rings. The van der Waals surface area contributed by atoms with Gasteiger partial charge in [0.1, 0.15) is 11.3 Å². The van der Waals surface area contributed by atoms with Gasteiger partial charge in [0.05, 0.1) is 4.92 Å². The first-order chi connectivity index (χ1) is 7.66. The van der Waals surface area contributed by atoms with E-state index in [1.54, 1.807) is 0 Å². The van der Waals surface area contributed by atoms with Crippen LogP contribution in [0, 0.1) is 10.1 Å². The second-order valence-corrected chi connectivity index (χ2v) is 2.87. The van der Waals surface area contributed by atoms with Crippen LogP contribution in [0.5, 0.6) is 0 Å². The van der Waals surface area contributed by atoms with Crippen LogP contribution in [-0.4, -0.2) is 9.91 Å². The third-order valence-corrected chi connectivity index (χ3v) is 1.82. The van der Waals surface area contributed by atoms with Gasteiger partial charge in [-0.3, -0.25) is 10.1 Å². The fourth-order valence-electron chi connectivity index (χ4n) is 1.11. The summed E-state index contributed by atoms with van der Waals surface area (Å²) in [4.78, 5) is 11.7. The molecule has 2 N–H and O–H groups in total. The normalized spacial score (nSPS) is 11.9. The largest absolute Gasteiger partial charge is 0.420 e. The standard InChI is InChI=1S/C7H4F5N3O2/c8-6(9)4-5(15(16)17)3(13)2(1-14-4)7(10,11)12/h1,6H,(H2,13,14). The Kier molecular flexibility index (Phi) is 3.16. The fraction of sp³-hybridized carbons (Fsp3) is 0.286. The van der Waals surface area contributed by atoms with Crippen LogP contribution < -0.4 is 5.73 Å². The van der Waals surface area contributed by atoms with E-state index in [2.05, 4.69) is 4.98 Å². The molecule has 0 saturated carbocycles. The number of alkyl halides is 5. The molecule has 94 valence electrons. The summed E-state index contributed by atoms with van der Waals surface area (Å²) in [5.74, 6) is 0. The number of nitrogens with two attached hydrogens (primary N) is 1. The number of nitrogen functional groups attached to an aromatic ring is 1. The maximum absolute atomic E-state index is 12.3. The van der Waals surface area contributed by atoms with E-state index in [4.69, 9.17) is 5.73 Å². The van der Waals surface area contributed by atoms with E-state index in [-0.39, 0.29) is 6.20 Å². The second-order valence-electron chi connectivity index (χ2n) is 2.87. The predicted molar refractivity (Wildman–Crippen MR) is 45.3 cm³/mol. The van der Waals surface area contributed by atoms with Crippen LogP contribution in [0.2, 0.25) is 0 Å². The Hall–Kier alpha value is -2.00. The molecule has 0 aliphatic carbocycles. The van der Waals surface area contributed by atoms with E-state index in [9.17, 15) is 32.1 Å². The quantitative estimate of drug-likeness (QED) is 0.501. The highest BCUT2D eigenvalue weighted by molar-refractivity contribution is 5.65. The third kappa shape index (κ3) is 2.40. The minimum atomic E-state index is -5.00. The van der Waals surface area contributed by atoms with Crippen molar-refractivity contribution in [3.63, 3.8) is 0 Å².